The molecule has 0 aliphatic carbocycles. The van der Waals surface area contributed by atoms with Crippen LogP contribution in [0.5, 0.6) is 0 Å². The number of nitrogens with one attached hydrogen (secondary N) is 1. The van der Waals surface area contributed by atoms with Crippen LogP contribution in [0, 0.1) is 0 Å². The number of nitrogens with zero attached hydrogens (tertiary/aromatic N) is 2. The number of likely N-dealkylation sites (N-methyl/N-ethyl adjacent to an activating group) is 1. The van der Waals surface area contributed by atoms with Gasteiger partial charge in [-0.3, -0.25) is 0 Å². The minimum atomic E-state index is -6.04. The van der Waals surface area contributed by atoms with Crippen LogP contribution in [0.3, 0.4) is 0 Å². The summed E-state index contributed by atoms with van der Waals surface area (Å²) in [5, 5.41) is -5.30. The summed E-state index contributed by atoms with van der Waals surface area (Å²) in [6.45, 7) is 0.354. The van der Waals surface area contributed by atoms with Crippen molar-refractivity contribution in [3.63, 3.8) is 0 Å². The van der Waals surface area contributed by atoms with E-state index in [0.29, 0.717) is 0 Å². The van der Waals surface area contributed by atoms with Crippen LogP contribution in [0.25, 0.3) is 0 Å². The van der Waals surface area contributed by atoms with Crippen LogP contribution in [-0.4, -0.2) is 65.2 Å². The van der Waals surface area contributed by atoms with Crippen molar-refractivity contribution in [3.05, 3.63) is 0 Å². The molecular formula is C9H12F9N3S2. The number of rotatable bonds is 6. The topological polar surface area (TPSA) is 18.5 Å². The van der Waals surface area contributed by atoms with Crippen molar-refractivity contribution in [2.24, 2.45) is 0 Å². The monoisotopic (exact) mass is 397 g/mol. The van der Waals surface area contributed by atoms with Gasteiger partial charge in [0.2, 0.25) is 0 Å². The molecule has 138 valence electrons. The predicted molar refractivity (Wildman–Crippen MR) is 68.3 cm³/mol. The lowest BCUT2D eigenvalue weighted by Crippen LogP contribution is -2.59. The average molecular weight is 397 g/mol. The number of halogens is 9. The fraction of sp³-hybridized carbons (Fsp3) is 1.00. The fourth-order valence-electron chi connectivity index (χ4n) is 1.47. The summed E-state index contributed by atoms with van der Waals surface area (Å²) in [5.41, 5.74) is -5.33. The van der Waals surface area contributed by atoms with E-state index < -0.39 is 46.6 Å². The molecule has 1 rings (SSSR count). The zero-order chi connectivity index (χ0) is 18.1. The van der Waals surface area contributed by atoms with Gasteiger partial charge in [-0.15, -0.1) is 0 Å². The molecule has 1 fully saturated rings. The molecule has 1 heterocycles. The molecule has 1 N–H and O–H groups in total. The molecular weight excluding hydrogens is 385 g/mol. The van der Waals surface area contributed by atoms with Gasteiger partial charge in [-0.05, 0) is 7.05 Å². The zero-order valence-corrected chi connectivity index (χ0v) is 13.1. The van der Waals surface area contributed by atoms with Crippen LogP contribution in [0.2, 0.25) is 0 Å². The molecule has 0 aromatic rings. The van der Waals surface area contributed by atoms with Crippen LogP contribution in [0.1, 0.15) is 0 Å². The maximum Gasteiger partial charge on any atom is 0.456 e. The molecule has 3 nitrogen and oxygen atoms in total. The highest BCUT2D eigenvalue weighted by molar-refractivity contribution is 7.98. The molecule has 0 unspecified atom stereocenters. The summed E-state index contributed by atoms with van der Waals surface area (Å²) in [7, 11) is 1.65. The molecule has 0 atom stereocenters. The average Bonchev–Trinajstić information content (AvgIpc) is 2.38. The Labute approximate surface area is 134 Å². The Morgan fingerprint density at radius 2 is 1.30 bits per heavy atom. The largest absolute Gasteiger partial charge is 0.456 e. The third-order valence-corrected chi connectivity index (χ3v) is 4.46. The zero-order valence-electron chi connectivity index (χ0n) is 11.4. The Balaban J connectivity index is 2.77. The second kappa shape index (κ2) is 7.06. The van der Waals surface area contributed by atoms with Gasteiger partial charge in [0.05, 0.1) is 0 Å². The van der Waals surface area contributed by atoms with Gasteiger partial charge in [-0.25, -0.2) is 4.31 Å². The van der Waals surface area contributed by atoms with Crippen molar-refractivity contribution in [2.45, 2.75) is 22.7 Å². The molecule has 14 heteroatoms. The molecule has 0 aromatic carbocycles. The van der Waals surface area contributed by atoms with Crippen molar-refractivity contribution in [1.82, 2.24) is 13.9 Å². The first-order valence-electron chi connectivity index (χ1n) is 5.96. The molecule has 23 heavy (non-hydrogen) atoms. The van der Waals surface area contributed by atoms with Gasteiger partial charge in [-0.1, -0.05) is 0 Å². The van der Waals surface area contributed by atoms with Crippen LogP contribution in [0.15, 0.2) is 0 Å². The van der Waals surface area contributed by atoms with Crippen LogP contribution >= 0.6 is 23.9 Å². The first-order chi connectivity index (χ1) is 10.2. The lowest BCUT2D eigenvalue weighted by molar-refractivity contribution is -0.281. The Morgan fingerprint density at radius 3 is 1.74 bits per heavy atom. The summed E-state index contributed by atoms with van der Waals surface area (Å²) in [6, 6.07) is -5.77. The van der Waals surface area contributed by atoms with E-state index in [-0.39, 0.29) is 30.9 Å². The maximum atomic E-state index is 13.5. The van der Waals surface area contributed by atoms with Gasteiger partial charge in [0.1, 0.15) is 0 Å². The Kier molecular flexibility index (Phi) is 6.44. The number of alkyl halides is 9. The standard InChI is InChI=1S/C9H12F9N3S2/c1-20-2-4-21(5-3-20)23-8(14,15)6(10,11)7(12,13)19-22-9(16,17)18/h19H,2-5H2,1H3. The molecule has 0 saturated carbocycles. The van der Waals surface area contributed by atoms with Crippen molar-refractivity contribution in [3.8, 4) is 0 Å². The normalized spacial score (nSPS) is 20.1. The number of hydrogen-bond acceptors (Lipinski definition) is 5. The summed E-state index contributed by atoms with van der Waals surface area (Å²) in [6.07, 6.45) is 0. The Bertz CT molecular complexity index is 396. The number of piperazine rings is 1. The molecule has 1 saturated heterocycles. The van der Waals surface area contributed by atoms with Gasteiger partial charge in [0.25, 0.3) is 0 Å². The first-order valence-corrected chi connectivity index (χ1v) is 7.55. The van der Waals surface area contributed by atoms with E-state index in [2.05, 4.69) is 0 Å². The lowest BCUT2D eigenvalue weighted by atomic mass is 10.3. The minimum absolute atomic E-state index is 0.0779. The summed E-state index contributed by atoms with van der Waals surface area (Å²) >= 11 is -2.51. The first kappa shape index (κ1) is 21.0. The number of hydrogen-bond donors (Lipinski definition) is 1. The molecule has 1 aliphatic rings. The van der Waals surface area contributed by atoms with Gasteiger partial charge in [0.15, 0.2) is 0 Å². The second-order valence-electron chi connectivity index (χ2n) is 4.64. The maximum absolute atomic E-state index is 13.5. The van der Waals surface area contributed by atoms with E-state index in [1.807, 2.05) is 0 Å². The highest BCUT2D eigenvalue weighted by Crippen LogP contribution is 2.52. The highest BCUT2D eigenvalue weighted by Gasteiger charge is 2.73. The smallest absolute Gasteiger partial charge is 0.304 e. The van der Waals surface area contributed by atoms with Crippen LogP contribution in [0.4, 0.5) is 39.5 Å². The summed E-state index contributed by atoms with van der Waals surface area (Å²) in [4.78, 5) is 1.71. The van der Waals surface area contributed by atoms with Crippen molar-refractivity contribution >= 4 is 23.9 Å². The third-order valence-electron chi connectivity index (χ3n) is 2.76. The van der Waals surface area contributed by atoms with Crippen LogP contribution in [-0.2, 0) is 0 Å². The fourth-order valence-corrected chi connectivity index (χ4v) is 2.75. The quantitative estimate of drug-likeness (QED) is 0.419. The van der Waals surface area contributed by atoms with Gasteiger partial charge < -0.3 is 4.90 Å². The van der Waals surface area contributed by atoms with Crippen molar-refractivity contribution in [1.29, 1.82) is 0 Å². The lowest BCUT2D eigenvalue weighted by Gasteiger charge is -2.37. The molecule has 0 spiro atoms. The summed E-state index contributed by atoms with van der Waals surface area (Å²) < 4.78 is 116. The molecule has 0 aromatic heterocycles. The van der Waals surface area contributed by atoms with Crippen LogP contribution < -0.4 is 4.72 Å². The second-order valence-corrected chi connectivity index (χ2v) is 6.72. The van der Waals surface area contributed by atoms with E-state index in [1.54, 1.807) is 11.9 Å². The molecule has 0 bridgehead atoms. The van der Waals surface area contributed by atoms with E-state index >= 15 is 0 Å². The molecule has 0 amide bonds. The minimum Gasteiger partial charge on any atom is -0.304 e. The van der Waals surface area contributed by atoms with Crippen molar-refractivity contribution < 1.29 is 39.5 Å². The molecule has 1 aliphatic heterocycles. The van der Waals surface area contributed by atoms with E-state index in [9.17, 15) is 39.5 Å². The Hall–Kier alpha value is -0.0500. The van der Waals surface area contributed by atoms with E-state index in [4.69, 9.17) is 0 Å². The van der Waals surface area contributed by atoms with Crippen molar-refractivity contribution in [2.75, 3.05) is 33.2 Å². The predicted octanol–water partition coefficient (Wildman–Crippen LogP) is 3.46. The summed E-state index contributed by atoms with van der Waals surface area (Å²) in [5.74, 6) is -6.04. The Morgan fingerprint density at radius 1 is 0.826 bits per heavy atom. The SMILES string of the molecule is CN1CCN(SC(F)(F)C(F)(F)C(F)(F)NSC(F)(F)F)CC1. The third kappa shape index (κ3) is 5.47. The van der Waals surface area contributed by atoms with Gasteiger partial charge >= 0.3 is 22.7 Å². The highest BCUT2D eigenvalue weighted by atomic mass is 32.2. The molecule has 0 radical (unpaired) electrons. The van der Waals surface area contributed by atoms with E-state index in [1.165, 1.54) is 0 Å². The van der Waals surface area contributed by atoms with E-state index in [0.717, 1.165) is 4.31 Å². The van der Waals surface area contributed by atoms with Gasteiger partial charge in [-0.2, -0.15) is 44.2 Å². The van der Waals surface area contributed by atoms with Gasteiger partial charge in [0, 0.05) is 50.1 Å².